The Balaban J connectivity index is 1.36. The van der Waals surface area contributed by atoms with Gasteiger partial charge in [-0.25, -0.2) is 4.98 Å². The number of anilines is 1. The number of aryl methyl sites for hydroxylation is 2. The van der Waals surface area contributed by atoms with Gasteiger partial charge in [-0.1, -0.05) is 0 Å². The van der Waals surface area contributed by atoms with Gasteiger partial charge in [0.05, 0.1) is 18.5 Å². The zero-order chi connectivity index (χ0) is 22.9. The van der Waals surface area contributed by atoms with E-state index in [-0.39, 0.29) is 18.3 Å². The van der Waals surface area contributed by atoms with Crippen LogP contribution in [0.1, 0.15) is 29.7 Å². The first kappa shape index (κ1) is 21.5. The SMILES string of the molecule is COCc1nc2c(C)c(C)cnn2c(=O)c1N1CCC(Oc2ccc3c(c2)OCCO3)CC1. The first-order valence-corrected chi connectivity index (χ1v) is 11.2. The number of hydrogen-bond acceptors (Lipinski definition) is 8. The fourth-order valence-corrected chi connectivity index (χ4v) is 4.36. The molecule has 9 nitrogen and oxygen atoms in total. The van der Waals surface area contributed by atoms with E-state index in [1.807, 2.05) is 32.0 Å². The van der Waals surface area contributed by atoms with Crippen LogP contribution in [0.4, 0.5) is 5.69 Å². The van der Waals surface area contributed by atoms with E-state index >= 15 is 0 Å². The molecule has 4 heterocycles. The normalized spacial score (nSPS) is 16.3. The smallest absolute Gasteiger partial charge is 0.298 e. The zero-order valence-corrected chi connectivity index (χ0v) is 19.2. The van der Waals surface area contributed by atoms with Gasteiger partial charge >= 0.3 is 0 Å². The minimum absolute atomic E-state index is 0.0499. The molecule has 2 aliphatic rings. The third kappa shape index (κ3) is 4.08. The lowest BCUT2D eigenvalue weighted by atomic mass is 10.1. The van der Waals surface area contributed by atoms with Gasteiger partial charge < -0.3 is 23.8 Å². The van der Waals surface area contributed by atoms with Crippen molar-refractivity contribution >= 4 is 11.3 Å². The second-order valence-electron chi connectivity index (χ2n) is 8.44. The highest BCUT2D eigenvalue weighted by Crippen LogP contribution is 2.34. The molecular formula is C24H28N4O5. The molecule has 0 saturated carbocycles. The molecule has 0 aliphatic carbocycles. The van der Waals surface area contributed by atoms with Crippen LogP contribution in [-0.2, 0) is 11.3 Å². The molecule has 0 amide bonds. The monoisotopic (exact) mass is 452 g/mol. The van der Waals surface area contributed by atoms with Crippen molar-refractivity contribution in [1.82, 2.24) is 14.6 Å². The quantitative estimate of drug-likeness (QED) is 0.584. The maximum absolute atomic E-state index is 13.4. The van der Waals surface area contributed by atoms with Crippen LogP contribution in [-0.4, -0.2) is 54.1 Å². The van der Waals surface area contributed by atoms with Crippen molar-refractivity contribution < 1.29 is 18.9 Å². The second kappa shape index (κ2) is 8.90. The fourth-order valence-electron chi connectivity index (χ4n) is 4.36. The third-order valence-corrected chi connectivity index (χ3v) is 6.26. The first-order valence-electron chi connectivity index (χ1n) is 11.2. The molecule has 2 aliphatic heterocycles. The molecule has 0 unspecified atom stereocenters. The number of ether oxygens (including phenoxy) is 4. The van der Waals surface area contributed by atoms with Crippen LogP contribution in [0.15, 0.2) is 29.2 Å². The lowest BCUT2D eigenvalue weighted by molar-refractivity contribution is 0.158. The number of fused-ring (bicyclic) bond motifs is 2. The van der Waals surface area contributed by atoms with Gasteiger partial charge in [-0.15, -0.1) is 0 Å². The third-order valence-electron chi connectivity index (χ3n) is 6.26. The van der Waals surface area contributed by atoms with E-state index in [0.29, 0.717) is 49.1 Å². The summed E-state index contributed by atoms with van der Waals surface area (Å²) in [5, 5.41) is 4.33. The van der Waals surface area contributed by atoms with Crippen molar-refractivity contribution in [3.8, 4) is 17.2 Å². The molecule has 9 heteroatoms. The number of hydrogen-bond donors (Lipinski definition) is 0. The summed E-state index contributed by atoms with van der Waals surface area (Å²) >= 11 is 0. The molecule has 3 aromatic rings. The molecule has 0 bridgehead atoms. The van der Waals surface area contributed by atoms with Crippen LogP contribution in [0.5, 0.6) is 17.2 Å². The van der Waals surface area contributed by atoms with E-state index in [0.717, 1.165) is 35.5 Å². The van der Waals surface area contributed by atoms with Gasteiger partial charge in [-0.3, -0.25) is 4.79 Å². The number of piperidine rings is 1. The molecule has 1 saturated heterocycles. The highest BCUT2D eigenvalue weighted by atomic mass is 16.6. The van der Waals surface area contributed by atoms with Gasteiger partial charge in [-0.05, 0) is 37.1 Å². The summed E-state index contributed by atoms with van der Waals surface area (Å²) in [5.41, 5.74) is 3.55. The van der Waals surface area contributed by atoms with Gasteiger partial charge in [-0.2, -0.15) is 9.61 Å². The Morgan fingerprint density at radius 3 is 2.64 bits per heavy atom. The molecule has 5 rings (SSSR count). The molecule has 0 spiro atoms. The van der Waals surface area contributed by atoms with Gasteiger partial charge in [0.1, 0.15) is 30.8 Å². The lowest BCUT2D eigenvalue weighted by Crippen LogP contribution is -2.42. The van der Waals surface area contributed by atoms with E-state index in [1.54, 1.807) is 13.3 Å². The minimum atomic E-state index is -0.165. The fraction of sp³-hybridized carbons (Fsp3) is 0.458. The Morgan fingerprint density at radius 2 is 1.88 bits per heavy atom. The van der Waals surface area contributed by atoms with Crippen molar-refractivity contribution in [3.05, 3.63) is 51.6 Å². The Hall–Kier alpha value is -3.33. The van der Waals surface area contributed by atoms with Gasteiger partial charge in [0, 0.05) is 39.1 Å². The van der Waals surface area contributed by atoms with Gasteiger partial charge in [0.2, 0.25) is 0 Å². The Kier molecular flexibility index (Phi) is 5.80. The number of aromatic nitrogens is 3. The van der Waals surface area contributed by atoms with Crippen LogP contribution in [0.2, 0.25) is 0 Å². The largest absolute Gasteiger partial charge is 0.490 e. The van der Waals surface area contributed by atoms with Crippen LogP contribution in [0.3, 0.4) is 0 Å². The van der Waals surface area contributed by atoms with Crippen molar-refractivity contribution in [1.29, 1.82) is 0 Å². The summed E-state index contributed by atoms with van der Waals surface area (Å²) in [5.74, 6) is 2.23. The average Bonchev–Trinajstić information content (AvgIpc) is 2.83. The van der Waals surface area contributed by atoms with E-state index in [4.69, 9.17) is 23.9 Å². The van der Waals surface area contributed by atoms with Crippen LogP contribution in [0, 0.1) is 13.8 Å². The predicted octanol–water partition coefficient (Wildman–Crippen LogP) is 2.67. The van der Waals surface area contributed by atoms with E-state index in [1.165, 1.54) is 4.52 Å². The van der Waals surface area contributed by atoms with Crippen molar-refractivity contribution in [3.63, 3.8) is 0 Å². The van der Waals surface area contributed by atoms with Crippen LogP contribution < -0.4 is 24.7 Å². The molecule has 174 valence electrons. The zero-order valence-electron chi connectivity index (χ0n) is 19.2. The van der Waals surface area contributed by atoms with Crippen molar-refractivity contribution in [2.75, 3.05) is 38.3 Å². The van der Waals surface area contributed by atoms with Crippen molar-refractivity contribution in [2.24, 2.45) is 0 Å². The molecule has 0 atom stereocenters. The average molecular weight is 453 g/mol. The van der Waals surface area contributed by atoms with E-state index < -0.39 is 0 Å². The van der Waals surface area contributed by atoms with E-state index in [2.05, 4.69) is 10.00 Å². The topological polar surface area (TPSA) is 87.4 Å². The highest BCUT2D eigenvalue weighted by Gasteiger charge is 2.27. The van der Waals surface area contributed by atoms with Gasteiger partial charge in [0.25, 0.3) is 5.56 Å². The number of benzene rings is 1. The first-order chi connectivity index (χ1) is 16.0. The Morgan fingerprint density at radius 1 is 1.12 bits per heavy atom. The lowest BCUT2D eigenvalue weighted by Gasteiger charge is -2.34. The second-order valence-corrected chi connectivity index (χ2v) is 8.44. The summed E-state index contributed by atoms with van der Waals surface area (Å²) in [4.78, 5) is 20.2. The van der Waals surface area contributed by atoms with E-state index in [9.17, 15) is 4.79 Å². The summed E-state index contributed by atoms with van der Waals surface area (Å²) in [6.45, 7) is 6.65. The molecule has 2 aromatic heterocycles. The molecule has 33 heavy (non-hydrogen) atoms. The Bertz CT molecular complexity index is 1230. The van der Waals surface area contributed by atoms with Crippen LogP contribution >= 0.6 is 0 Å². The minimum Gasteiger partial charge on any atom is -0.490 e. The maximum atomic E-state index is 13.4. The maximum Gasteiger partial charge on any atom is 0.298 e. The predicted molar refractivity (Wildman–Crippen MR) is 123 cm³/mol. The van der Waals surface area contributed by atoms with Crippen LogP contribution in [0.25, 0.3) is 5.65 Å². The van der Waals surface area contributed by atoms with Gasteiger partial charge in [0.15, 0.2) is 17.1 Å². The molecule has 1 fully saturated rings. The van der Waals surface area contributed by atoms with Crippen molar-refractivity contribution in [2.45, 2.75) is 39.4 Å². The number of methoxy groups -OCH3 is 1. The summed E-state index contributed by atoms with van der Waals surface area (Å²) in [6, 6.07) is 5.67. The molecule has 1 aromatic carbocycles. The molecule has 0 radical (unpaired) electrons. The summed E-state index contributed by atoms with van der Waals surface area (Å²) in [6.07, 6.45) is 3.32. The Labute approximate surface area is 191 Å². The highest BCUT2D eigenvalue weighted by molar-refractivity contribution is 5.57. The summed E-state index contributed by atoms with van der Waals surface area (Å²) < 4.78 is 24.2. The number of rotatable bonds is 5. The molecule has 0 N–H and O–H groups in total. The number of nitrogens with zero attached hydrogens (tertiary/aromatic N) is 4. The summed E-state index contributed by atoms with van der Waals surface area (Å²) in [7, 11) is 1.61. The standard InChI is InChI=1S/C24H28N4O5/c1-15-13-25-28-23(16(15)2)26-19(14-30-3)22(24(28)29)27-8-6-17(7-9-27)33-18-4-5-20-21(12-18)32-11-10-31-20/h4-5,12-13,17H,6-11,14H2,1-3H3. The molecular weight excluding hydrogens is 424 g/mol.